The van der Waals surface area contributed by atoms with E-state index >= 15 is 0 Å². The fraction of sp³-hybridized carbons (Fsp3) is 0.476. The first-order chi connectivity index (χ1) is 14.0. The van der Waals surface area contributed by atoms with Crippen molar-refractivity contribution in [3.8, 4) is 0 Å². The van der Waals surface area contributed by atoms with E-state index in [1.54, 1.807) is 30.6 Å². The van der Waals surface area contributed by atoms with Crippen LogP contribution >= 0.6 is 0 Å². The van der Waals surface area contributed by atoms with Gasteiger partial charge in [0.05, 0.1) is 6.10 Å². The van der Waals surface area contributed by atoms with Gasteiger partial charge in [-0.15, -0.1) is 0 Å². The van der Waals surface area contributed by atoms with E-state index in [2.05, 4.69) is 19.7 Å². The van der Waals surface area contributed by atoms with Crippen LogP contribution in [-0.4, -0.2) is 37.6 Å². The zero-order valence-corrected chi connectivity index (χ0v) is 17.4. The normalized spacial score (nSPS) is 16.4. The Morgan fingerprint density at radius 3 is 2.55 bits per heavy atom. The van der Waals surface area contributed by atoms with Crippen molar-refractivity contribution >= 4 is 15.9 Å². The molecule has 1 heterocycles. The number of hydrogen-bond donors (Lipinski definition) is 4. The number of benzene rings is 1. The van der Waals surface area contributed by atoms with E-state index in [0.717, 1.165) is 43.2 Å². The van der Waals surface area contributed by atoms with Crippen molar-refractivity contribution in [2.24, 2.45) is 0 Å². The number of pyridine rings is 1. The van der Waals surface area contributed by atoms with Crippen molar-refractivity contribution in [3.63, 3.8) is 0 Å². The molecular weight excluding hydrogens is 388 g/mol. The van der Waals surface area contributed by atoms with Crippen molar-refractivity contribution in [1.29, 1.82) is 0 Å². The van der Waals surface area contributed by atoms with Crippen LogP contribution in [0.4, 0.5) is 5.69 Å². The fourth-order valence-electron chi connectivity index (χ4n) is 3.53. The number of nitrogens with one attached hydrogen (secondary N) is 3. The summed E-state index contributed by atoms with van der Waals surface area (Å²) in [5, 5.41) is 13.3. The van der Waals surface area contributed by atoms with Crippen LogP contribution in [0.2, 0.25) is 0 Å². The van der Waals surface area contributed by atoms with E-state index in [1.807, 2.05) is 18.2 Å². The Hall–Kier alpha value is -2.00. The molecule has 0 unspecified atom stereocenters. The van der Waals surface area contributed by atoms with Gasteiger partial charge >= 0.3 is 0 Å². The first-order valence-corrected chi connectivity index (χ1v) is 11.7. The van der Waals surface area contributed by atoms with Gasteiger partial charge in [-0.1, -0.05) is 37.5 Å². The first kappa shape index (κ1) is 21.7. The number of nitrogens with zero attached hydrogens (tertiary/aromatic N) is 1. The van der Waals surface area contributed by atoms with Crippen LogP contribution in [0.25, 0.3) is 0 Å². The maximum Gasteiger partial charge on any atom is 0.299 e. The van der Waals surface area contributed by atoms with E-state index in [0.29, 0.717) is 18.8 Å². The third-order valence-corrected chi connectivity index (χ3v) is 6.28. The maximum atomic E-state index is 12.3. The summed E-state index contributed by atoms with van der Waals surface area (Å²) in [5.74, 6) is 0. The second-order valence-electron chi connectivity index (χ2n) is 7.51. The summed E-state index contributed by atoms with van der Waals surface area (Å²) in [6, 6.07) is 11.1. The van der Waals surface area contributed by atoms with Crippen molar-refractivity contribution in [2.75, 3.05) is 17.8 Å². The maximum absolute atomic E-state index is 12.3. The first-order valence-electron chi connectivity index (χ1n) is 10.2. The molecule has 1 aromatic heterocycles. The van der Waals surface area contributed by atoms with E-state index in [4.69, 9.17) is 0 Å². The van der Waals surface area contributed by atoms with E-state index in [-0.39, 0.29) is 6.04 Å². The highest BCUT2D eigenvalue weighted by molar-refractivity contribution is 7.90. The van der Waals surface area contributed by atoms with Crippen molar-refractivity contribution in [2.45, 2.75) is 50.7 Å². The molecule has 7 nitrogen and oxygen atoms in total. The van der Waals surface area contributed by atoms with Crippen molar-refractivity contribution < 1.29 is 13.5 Å². The van der Waals surface area contributed by atoms with Gasteiger partial charge in [-0.2, -0.15) is 13.1 Å². The predicted molar refractivity (Wildman–Crippen MR) is 115 cm³/mol. The minimum absolute atomic E-state index is 0.0358. The second-order valence-corrected chi connectivity index (χ2v) is 8.96. The number of anilines is 1. The summed E-state index contributed by atoms with van der Waals surface area (Å²) >= 11 is 0. The SMILES string of the molecule is O=S(=O)(Nc1ccc(CCNC[C@H](O)c2cccnc2)cc1)NC1CCCCC1. The number of aliphatic hydroxyl groups is 1. The summed E-state index contributed by atoms with van der Waals surface area (Å²) in [7, 11) is -3.55. The molecule has 3 rings (SSSR count). The molecule has 158 valence electrons. The van der Waals surface area contributed by atoms with Crippen molar-refractivity contribution in [3.05, 3.63) is 59.9 Å². The molecule has 0 radical (unpaired) electrons. The molecule has 29 heavy (non-hydrogen) atoms. The van der Waals surface area contributed by atoms with Crippen LogP contribution in [-0.2, 0) is 16.6 Å². The van der Waals surface area contributed by atoms with Crippen LogP contribution in [0, 0.1) is 0 Å². The number of rotatable bonds is 10. The third kappa shape index (κ3) is 7.40. The molecular formula is C21H30N4O3S. The van der Waals surface area contributed by atoms with Gasteiger partial charge in [-0.05, 0) is 49.6 Å². The summed E-state index contributed by atoms with van der Waals surface area (Å²) in [6.45, 7) is 1.17. The number of hydrogen-bond acceptors (Lipinski definition) is 5. The van der Waals surface area contributed by atoms with Gasteiger partial charge in [0, 0.05) is 36.2 Å². The lowest BCUT2D eigenvalue weighted by Gasteiger charge is -2.22. The predicted octanol–water partition coefficient (Wildman–Crippen LogP) is 2.53. The van der Waals surface area contributed by atoms with Crippen LogP contribution < -0.4 is 14.8 Å². The highest BCUT2D eigenvalue weighted by Gasteiger charge is 2.19. The Morgan fingerprint density at radius 1 is 1.10 bits per heavy atom. The fourth-order valence-corrected chi connectivity index (χ4v) is 4.71. The lowest BCUT2D eigenvalue weighted by atomic mass is 9.96. The zero-order valence-electron chi connectivity index (χ0n) is 16.5. The van der Waals surface area contributed by atoms with Gasteiger partial charge in [-0.3, -0.25) is 9.71 Å². The van der Waals surface area contributed by atoms with E-state index < -0.39 is 16.3 Å². The minimum atomic E-state index is -3.55. The van der Waals surface area contributed by atoms with Gasteiger partial charge in [-0.25, -0.2) is 0 Å². The molecule has 0 aliphatic heterocycles. The van der Waals surface area contributed by atoms with Crippen LogP contribution in [0.1, 0.15) is 49.3 Å². The Bertz CT molecular complexity index is 838. The highest BCUT2D eigenvalue weighted by atomic mass is 32.2. The second kappa shape index (κ2) is 10.7. The number of aromatic nitrogens is 1. The average Bonchev–Trinajstić information content (AvgIpc) is 2.73. The average molecular weight is 419 g/mol. The molecule has 1 saturated carbocycles. The Balaban J connectivity index is 1.40. The number of aliphatic hydroxyl groups excluding tert-OH is 1. The van der Waals surface area contributed by atoms with Crippen molar-refractivity contribution in [1.82, 2.24) is 15.0 Å². The Morgan fingerprint density at radius 2 is 1.86 bits per heavy atom. The molecule has 1 aromatic carbocycles. The summed E-state index contributed by atoms with van der Waals surface area (Å²) < 4.78 is 29.9. The van der Waals surface area contributed by atoms with Gasteiger partial charge < -0.3 is 10.4 Å². The lowest BCUT2D eigenvalue weighted by Crippen LogP contribution is -2.39. The van der Waals surface area contributed by atoms with Gasteiger partial charge in [0.2, 0.25) is 0 Å². The van der Waals surface area contributed by atoms with Crippen LogP contribution in [0.5, 0.6) is 0 Å². The standard InChI is InChI=1S/C21H30N4O3S/c26-21(18-5-4-13-22-15-18)16-23-14-12-17-8-10-20(11-9-17)25-29(27,28)24-19-6-2-1-3-7-19/h4-5,8-11,13,15,19,21,23-26H,1-3,6-7,12,14,16H2/t21-/m0/s1. The van der Waals surface area contributed by atoms with Gasteiger partial charge in [0.15, 0.2) is 0 Å². The lowest BCUT2D eigenvalue weighted by molar-refractivity contribution is 0.174. The van der Waals surface area contributed by atoms with E-state index in [9.17, 15) is 13.5 Å². The summed E-state index contributed by atoms with van der Waals surface area (Å²) in [6.07, 6.45) is 8.69. The van der Waals surface area contributed by atoms with Gasteiger partial charge in [0.25, 0.3) is 10.2 Å². The molecule has 0 saturated heterocycles. The third-order valence-electron chi connectivity index (χ3n) is 5.13. The molecule has 8 heteroatoms. The minimum Gasteiger partial charge on any atom is -0.387 e. The van der Waals surface area contributed by atoms with Crippen LogP contribution in [0.15, 0.2) is 48.8 Å². The van der Waals surface area contributed by atoms with Gasteiger partial charge in [0.1, 0.15) is 0 Å². The molecule has 0 bridgehead atoms. The van der Waals surface area contributed by atoms with E-state index in [1.165, 1.54) is 6.42 Å². The Kier molecular flexibility index (Phi) is 8.00. The molecule has 0 amide bonds. The molecule has 1 aliphatic rings. The Labute approximate surface area is 173 Å². The smallest absolute Gasteiger partial charge is 0.299 e. The molecule has 1 atom stereocenters. The molecule has 1 aliphatic carbocycles. The molecule has 2 aromatic rings. The monoisotopic (exact) mass is 418 g/mol. The molecule has 4 N–H and O–H groups in total. The van der Waals surface area contributed by atoms with Crippen LogP contribution in [0.3, 0.4) is 0 Å². The quantitative estimate of drug-likeness (QED) is 0.444. The summed E-state index contributed by atoms with van der Waals surface area (Å²) in [5.41, 5.74) is 2.44. The summed E-state index contributed by atoms with van der Waals surface area (Å²) in [4.78, 5) is 4.01. The molecule has 0 spiro atoms. The highest BCUT2D eigenvalue weighted by Crippen LogP contribution is 2.19. The zero-order chi connectivity index (χ0) is 20.5. The molecule has 1 fully saturated rings. The topological polar surface area (TPSA) is 103 Å². The largest absolute Gasteiger partial charge is 0.387 e.